The summed E-state index contributed by atoms with van der Waals surface area (Å²) in [7, 11) is 0. The molecular formula is C26H21F7N4O3. The van der Waals surface area contributed by atoms with E-state index in [0.717, 1.165) is 5.43 Å². The van der Waals surface area contributed by atoms with Crippen molar-refractivity contribution in [1.29, 1.82) is 0 Å². The number of para-hydroxylation sites is 2. The first-order valence-corrected chi connectivity index (χ1v) is 11.8. The number of fused-ring (bicyclic) bond motifs is 1. The second kappa shape index (κ2) is 10.7. The number of hydrazone groups is 1. The fraction of sp³-hybridized carbons (Fsp3) is 0.269. The maximum Gasteiger partial charge on any atom is 0.460 e. The second-order valence-electron chi connectivity index (χ2n) is 8.80. The van der Waals surface area contributed by atoms with Gasteiger partial charge in [0.05, 0.1) is 17.1 Å². The highest BCUT2D eigenvalue weighted by Gasteiger charge is 2.76. The highest BCUT2D eigenvalue weighted by Crippen LogP contribution is 2.46. The van der Waals surface area contributed by atoms with Gasteiger partial charge in [-0.05, 0) is 44.0 Å². The van der Waals surface area contributed by atoms with E-state index in [1.54, 1.807) is 60.7 Å². The molecule has 3 aromatic rings. The Morgan fingerprint density at radius 3 is 1.95 bits per heavy atom. The maximum absolute atomic E-state index is 13.7. The van der Waals surface area contributed by atoms with Gasteiger partial charge in [0.25, 0.3) is 0 Å². The van der Waals surface area contributed by atoms with Gasteiger partial charge in [-0.1, -0.05) is 36.4 Å². The summed E-state index contributed by atoms with van der Waals surface area (Å²) in [4.78, 5) is 25.0. The molecule has 2 N–H and O–H groups in total. The average molecular weight is 570 g/mol. The first-order chi connectivity index (χ1) is 18.8. The van der Waals surface area contributed by atoms with Crippen LogP contribution in [0.1, 0.15) is 40.3 Å². The zero-order valence-corrected chi connectivity index (χ0v) is 20.7. The van der Waals surface area contributed by atoms with E-state index in [9.17, 15) is 40.3 Å². The van der Waals surface area contributed by atoms with E-state index >= 15 is 0 Å². The van der Waals surface area contributed by atoms with Crippen LogP contribution in [0.15, 0.2) is 70.2 Å². The Hall–Kier alpha value is -4.36. The molecule has 2 aromatic carbocycles. The highest BCUT2D eigenvalue weighted by atomic mass is 19.4. The fourth-order valence-electron chi connectivity index (χ4n) is 4.09. The van der Waals surface area contributed by atoms with Crippen molar-refractivity contribution in [1.82, 2.24) is 10.9 Å². The number of halogens is 7. The van der Waals surface area contributed by atoms with E-state index < -0.39 is 29.8 Å². The van der Waals surface area contributed by atoms with Crippen LogP contribution >= 0.6 is 0 Å². The number of furan rings is 1. The van der Waals surface area contributed by atoms with Crippen LogP contribution in [-0.2, 0) is 11.2 Å². The van der Waals surface area contributed by atoms with Crippen LogP contribution in [0.5, 0.6) is 0 Å². The van der Waals surface area contributed by atoms with Crippen molar-refractivity contribution in [2.24, 2.45) is 5.10 Å². The topological polar surface area (TPSA) is 86.9 Å². The van der Waals surface area contributed by atoms with Gasteiger partial charge in [-0.15, -0.1) is 0 Å². The zero-order valence-electron chi connectivity index (χ0n) is 20.7. The minimum absolute atomic E-state index is 0.0378. The number of rotatable bonds is 7. The summed E-state index contributed by atoms with van der Waals surface area (Å²) in [6, 6.07) is 17.6. The van der Waals surface area contributed by atoms with Crippen molar-refractivity contribution in [3.8, 4) is 0 Å². The van der Waals surface area contributed by atoms with E-state index in [0.29, 0.717) is 24.2 Å². The van der Waals surface area contributed by atoms with Crippen LogP contribution in [-0.4, -0.2) is 35.5 Å². The Balaban J connectivity index is 1.61. The molecule has 1 aliphatic carbocycles. The number of hydrogen-bond donors (Lipinski definition) is 2. The van der Waals surface area contributed by atoms with Crippen molar-refractivity contribution in [3.63, 3.8) is 0 Å². The lowest BCUT2D eigenvalue weighted by molar-refractivity contribution is -0.344. The van der Waals surface area contributed by atoms with Gasteiger partial charge in [-0.25, -0.2) is 5.43 Å². The molecule has 0 bridgehead atoms. The summed E-state index contributed by atoms with van der Waals surface area (Å²) >= 11 is 0. The number of nitrogens with one attached hydrogen (secondary N) is 2. The SMILES string of the molecule is Cc1c(C(=O)NN(c2ccccc2)c2ccccc2)oc2c1/C(=N/NC(=O)C(F)(F)C(F)(F)C(F)(F)F)CCC2. The molecule has 7 nitrogen and oxygen atoms in total. The first kappa shape index (κ1) is 28.6. The largest absolute Gasteiger partial charge is 0.460 e. The third-order valence-electron chi connectivity index (χ3n) is 6.10. The summed E-state index contributed by atoms with van der Waals surface area (Å²) in [5.74, 6) is -16.3. The highest BCUT2D eigenvalue weighted by molar-refractivity contribution is 6.07. The second-order valence-corrected chi connectivity index (χ2v) is 8.80. The Bertz CT molecular complexity index is 1380. The van der Waals surface area contributed by atoms with Gasteiger partial charge in [0.2, 0.25) is 0 Å². The molecule has 2 amide bonds. The molecule has 1 aliphatic rings. The lowest BCUT2D eigenvalue weighted by Crippen LogP contribution is -2.58. The lowest BCUT2D eigenvalue weighted by Gasteiger charge is -2.26. The predicted octanol–water partition coefficient (Wildman–Crippen LogP) is 6.06. The van der Waals surface area contributed by atoms with Gasteiger partial charge >= 0.3 is 29.8 Å². The molecule has 0 saturated heterocycles. The Labute approximate surface area is 222 Å². The molecule has 212 valence electrons. The summed E-state index contributed by atoms with van der Waals surface area (Å²) in [5, 5.41) is 4.91. The number of alkyl halides is 7. The van der Waals surface area contributed by atoms with Crippen molar-refractivity contribution in [2.45, 2.75) is 44.2 Å². The van der Waals surface area contributed by atoms with E-state index in [-0.39, 0.29) is 34.8 Å². The van der Waals surface area contributed by atoms with Crippen molar-refractivity contribution in [3.05, 3.63) is 83.3 Å². The molecule has 0 fully saturated rings. The summed E-state index contributed by atoms with van der Waals surface area (Å²) in [5.41, 5.74) is 5.31. The Morgan fingerprint density at radius 2 is 1.43 bits per heavy atom. The summed E-state index contributed by atoms with van der Waals surface area (Å²) < 4.78 is 96.8. The summed E-state index contributed by atoms with van der Waals surface area (Å²) in [6.07, 6.45) is -6.03. The predicted molar refractivity (Wildman–Crippen MR) is 130 cm³/mol. The average Bonchev–Trinajstić information content (AvgIpc) is 3.27. The van der Waals surface area contributed by atoms with Gasteiger partial charge in [0.15, 0.2) is 5.76 Å². The lowest BCUT2D eigenvalue weighted by atomic mass is 9.93. The van der Waals surface area contributed by atoms with E-state index in [1.165, 1.54) is 11.9 Å². The van der Waals surface area contributed by atoms with Crippen LogP contribution in [0.4, 0.5) is 42.1 Å². The van der Waals surface area contributed by atoms with Gasteiger partial charge in [0.1, 0.15) is 5.76 Å². The molecule has 1 aromatic heterocycles. The van der Waals surface area contributed by atoms with Gasteiger partial charge in [0, 0.05) is 17.5 Å². The van der Waals surface area contributed by atoms with Crippen LogP contribution in [0, 0.1) is 6.92 Å². The molecule has 0 aliphatic heterocycles. The van der Waals surface area contributed by atoms with Gasteiger partial charge in [-0.3, -0.25) is 20.0 Å². The molecule has 1 heterocycles. The molecule has 4 rings (SSSR count). The van der Waals surface area contributed by atoms with Crippen molar-refractivity contribution >= 4 is 28.9 Å². The van der Waals surface area contributed by atoms with E-state index in [4.69, 9.17) is 4.42 Å². The molecular weight excluding hydrogens is 549 g/mol. The van der Waals surface area contributed by atoms with Gasteiger partial charge < -0.3 is 4.42 Å². The Kier molecular flexibility index (Phi) is 7.63. The first-order valence-electron chi connectivity index (χ1n) is 11.8. The van der Waals surface area contributed by atoms with Crippen LogP contribution in [0.2, 0.25) is 0 Å². The van der Waals surface area contributed by atoms with Crippen molar-refractivity contribution in [2.75, 3.05) is 5.01 Å². The third kappa shape index (κ3) is 5.25. The Morgan fingerprint density at radius 1 is 0.875 bits per heavy atom. The number of carbonyl (C=O) groups is 2. The number of amides is 2. The van der Waals surface area contributed by atoms with Crippen LogP contribution < -0.4 is 15.9 Å². The zero-order chi connectivity index (χ0) is 29.3. The van der Waals surface area contributed by atoms with Crippen molar-refractivity contribution < 1.29 is 44.7 Å². The maximum atomic E-state index is 13.7. The normalized spacial score (nSPS) is 14.9. The molecule has 0 spiro atoms. The van der Waals surface area contributed by atoms with Gasteiger partial charge in [-0.2, -0.15) is 35.8 Å². The van der Waals surface area contributed by atoms with E-state index in [1.807, 2.05) is 0 Å². The standard InChI is InChI=1S/C26H21F7N4O3/c1-15-20-18(34-35-23(39)24(27,28)25(29,30)26(31,32)33)13-8-14-19(20)40-21(15)22(38)36-37(16-9-4-2-5-10-16)17-11-6-3-7-12-17/h2-7,9-12H,8,13-14H2,1H3,(H,35,39)(H,36,38)/b34-18+. The number of carbonyl (C=O) groups excluding carboxylic acids is 2. The minimum Gasteiger partial charge on any atom is -0.455 e. The minimum atomic E-state index is -6.67. The quantitative estimate of drug-likeness (QED) is 0.267. The summed E-state index contributed by atoms with van der Waals surface area (Å²) in [6.45, 7) is 1.46. The monoisotopic (exact) mass is 570 g/mol. The molecule has 0 atom stereocenters. The van der Waals surface area contributed by atoms with E-state index in [2.05, 4.69) is 10.5 Å². The third-order valence-corrected chi connectivity index (χ3v) is 6.10. The molecule has 40 heavy (non-hydrogen) atoms. The number of benzene rings is 2. The number of hydrogen-bond acceptors (Lipinski definition) is 5. The molecule has 0 unspecified atom stereocenters. The number of aryl methyl sites for hydroxylation is 1. The number of anilines is 2. The van der Waals surface area contributed by atoms with Crippen LogP contribution in [0.3, 0.4) is 0 Å². The molecule has 0 radical (unpaired) electrons. The number of nitrogens with zero attached hydrogens (tertiary/aromatic N) is 2. The fourth-order valence-corrected chi connectivity index (χ4v) is 4.09. The smallest absolute Gasteiger partial charge is 0.455 e. The van der Waals surface area contributed by atoms with Crippen LogP contribution in [0.25, 0.3) is 0 Å². The number of hydrazine groups is 1. The molecule has 0 saturated carbocycles. The molecule has 14 heteroatoms.